The smallest absolute Gasteiger partial charge is 0.648 e. The second kappa shape index (κ2) is 8.21. The Morgan fingerprint density at radius 2 is 2.11 bits per heavy atom. The van der Waals surface area contributed by atoms with Crippen molar-refractivity contribution in [2.45, 2.75) is 19.0 Å². The van der Waals surface area contributed by atoms with Crippen molar-refractivity contribution in [1.29, 1.82) is 5.26 Å². The molecule has 92 valence electrons. The summed E-state index contributed by atoms with van der Waals surface area (Å²) in [6.45, 7) is 1.09. The Bertz CT molecular complexity index is 490. The molecule has 0 fully saturated rings. The molecule has 0 spiro atoms. The van der Waals surface area contributed by atoms with E-state index in [2.05, 4.69) is 16.7 Å². The molecule has 0 radical (unpaired) electrons. The third kappa shape index (κ3) is 4.87. The molecule has 1 unspecified atom stereocenters. The first-order valence-electron chi connectivity index (χ1n) is 5.88. The summed E-state index contributed by atoms with van der Waals surface area (Å²) < 4.78 is 0. The minimum Gasteiger partial charge on any atom is -0.648 e. The van der Waals surface area contributed by atoms with Gasteiger partial charge in [0.05, 0.1) is 11.6 Å². The molecular weight excluding hydrogens is 315 g/mol. The summed E-state index contributed by atoms with van der Waals surface area (Å²) >= 11 is 0. The molecule has 1 aromatic carbocycles. The van der Waals surface area contributed by atoms with E-state index in [-0.39, 0.29) is 44.7 Å². The van der Waals surface area contributed by atoms with Gasteiger partial charge in [0.15, 0.2) is 0 Å². The number of carbonyl (C=O) groups is 1. The molecule has 1 aromatic rings. The summed E-state index contributed by atoms with van der Waals surface area (Å²) in [5, 5.41) is 15.8. The minimum atomic E-state index is -0.256. The summed E-state index contributed by atoms with van der Waals surface area (Å²) in [6, 6.07) is 8.98. The van der Waals surface area contributed by atoms with E-state index in [1.54, 1.807) is 12.1 Å². The number of benzene rings is 1. The van der Waals surface area contributed by atoms with Crippen LogP contribution in [0.5, 0.6) is 0 Å². The van der Waals surface area contributed by atoms with E-state index in [4.69, 9.17) is 5.26 Å². The van der Waals surface area contributed by atoms with E-state index in [0.717, 1.165) is 5.56 Å². The van der Waals surface area contributed by atoms with Gasteiger partial charge in [-0.1, -0.05) is 24.3 Å². The van der Waals surface area contributed by atoms with Crippen LogP contribution in [0.25, 0.3) is 5.32 Å². The van der Waals surface area contributed by atoms with E-state index in [0.29, 0.717) is 25.1 Å². The number of hydrogen-bond acceptors (Lipinski definition) is 2. The van der Waals surface area contributed by atoms with Crippen molar-refractivity contribution < 1.29 is 37.5 Å². The molecule has 1 aliphatic heterocycles. The van der Waals surface area contributed by atoms with Gasteiger partial charge in [0, 0.05) is 6.54 Å². The fourth-order valence-corrected chi connectivity index (χ4v) is 1.76. The van der Waals surface area contributed by atoms with E-state index in [1.807, 2.05) is 24.3 Å². The van der Waals surface area contributed by atoms with Crippen LogP contribution in [0.3, 0.4) is 0 Å². The number of carbonyl (C=O) groups excluding carboxylic acids is 1. The number of hydrogen-bond donors (Lipinski definition) is 1. The van der Waals surface area contributed by atoms with Gasteiger partial charge in [-0.25, -0.2) is 0 Å². The third-order valence-corrected chi connectivity index (χ3v) is 2.81. The van der Waals surface area contributed by atoms with Crippen LogP contribution in [-0.4, -0.2) is 18.5 Å². The minimum absolute atomic E-state index is 0. The maximum atomic E-state index is 11.8. The Kier molecular flexibility index (Phi) is 6.93. The molecule has 5 heteroatoms. The molecule has 0 bridgehead atoms. The summed E-state index contributed by atoms with van der Waals surface area (Å²) in [6.07, 6.45) is 4.63. The van der Waals surface area contributed by atoms with Gasteiger partial charge < -0.3 is 10.6 Å². The Morgan fingerprint density at radius 1 is 1.37 bits per heavy atom. The zero-order valence-electron chi connectivity index (χ0n) is 10.5. The van der Waals surface area contributed by atoms with Gasteiger partial charge in [-0.2, -0.15) is 5.26 Å². The molecule has 19 heavy (non-hydrogen) atoms. The van der Waals surface area contributed by atoms with Crippen LogP contribution in [0.2, 0.25) is 0 Å². The molecule has 1 heterocycles. The molecule has 0 aliphatic carbocycles. The molecule has 4 nitrogen and oxygen atoms in total. The van der Waals surface area contributed by atoms with Gasteiger partial charge in [-0.15, -0.1) is 12.6 Å². The van der Waals surface area contributed by atoms with Gasteiger partial charge in [0.1, 0.15) is 0 Å². The predicted octanol–water partition coefficient (Wildman–Crippen LogP) is 1.87. The van der Waals surface area contributed by atoms with Gasteiger partial charge in [-0.3, -0.25) is 4.79 Å². The largest absolute Gasteiger partial charge is 3.00 e. The quantitative estimate of drug-likeness (QED) is 0.861. The molecule has 0 saturated carbocycles. The maximum Gasteiger partial charge on any atom is 3.00 e. The molecule has 0 aromatic heterocycles. The van der Waals surface area contributed by atoms with Crippen LogP contribution in [0.4, 0.5) is 0 Å². The molecule has 0 saturated heterocycles. The van der Waals surface area contributed by atoms with Crippen molar-refractivity contribution in [3.63, 3.8) is 0 Å². The van der Waals surface area contributed by atoms with Crippen molar-refractivity contribution in [3.8, 4) is 6.07 Å². The molecule has 2 rings (SSSR count). The SMILES string of the molecule is N#Cc1ccc(CNC(=O)C2CC=CC[N-]2)cc1.[Y+3]. The Hall–Kier alpha value is -1.02. The second-order valence-electron chi connectivity index (χ2n) is 4.11. The van der Waals surface area contributed by atoms with E-state index < -0.39 is 0 Å². The van der Waals surface area contributed by atoms with Gasteiger partial charge in [0.25, 0.3) is 0 Å². The number of nitriles is 1. The molecule has 1 aliphatic rings. The summed E-state index contributed by atoms with van der Waals surface area (Å²) in [5.74, 6) is -0.0382. The predicted molar refractivity (Wildman–Crippen MR) is 68.8 cm³/mol. The average Bonchev–Trinajstić information content (AvgIpc) is 2.46. The first-order chi connectivity index (χ1) is 8.79. The van der Waals surface area contributed by atoms with Crippen LogP contribution >= 0.6 is 0 Å². The van der Waals surface area contributed by atoms with Crippen LogP contribution < -0.4 is 5.32 Å². The van der Waals surface area contributed by atoms with Crippen molar-refractivity contribution in [2.24, 2.45) is 0 Å². The van der Waals surface area contributed by atoms with Crippen LogP contribution in [-0.2, 0) is 44.0 Å². The molecule has 1 amide bonds. The average molecular weight is 329 g/mol. The zero-order chi connectivity index (χ0) is 12.8. The number of nitrogens with zero attached hydrogens (tertiary/aromatic N) is 2. The first kappa shape index (κ1) is 16.0. The summed E-state index contributed by atoms with van der Waals surface area (Å²) in [7, 11) is 0. The van der Waals surface area contributed by atoms with Crippen LogP contribution in [0.15, 0.2) is 36.4 Å². The zero-order valence-corrected chi connectivity index (χ0v) is 13.4. The fourth-order valence-electron chi connectivity index (χ4n) is 1.76. The fraction of sp³-hybridized carbons (Fsp3) is 0.286. The summed E-state index contributed by atoms with van der Waals surface area (Å²) in [4.78, 5) is 11.8. The number of nitrogens with one attached hydrogen (secondary N) is 1. The normalized spacial score (nSPS) is 17.1. The van der Waals surface area contributed by atoms with Crippen molar-refractivity contribution in [3.05, 3.63) is 52.9 Å². The van der Waals surface area contributed by atoms with Gasteiger partial charge in [0.2, 0.25) is 5.91 Å². The van der Waals surface area contributed by atoms with Gasteiger partial charge in [-0.05, 0) is 24.1 Å². The van der Waals surface area contributed by atoms with Crippen molar-refractivity contribution in [1.82, 2.24) is 5.32 Å². The molecular formula is C14H14N3OY+2. The number of amides is 1. The van der Waals surface area contributed by atoms with Gasteiger partial charge >= 0.3 is 32.7 Å². The van der Waals surface area contributed by atoms with Crippen molar-refractivity contribution in [2.75, 3.05) is 6.54 Å². The Balaban J connectivity index is 0.00000180. The molecule has 1 atom stereocenters. The summed E-state index contributed by atoms with van der Waals surface area (Å²) in [5.41, 5.74) is 1.60. The maximum absolute atomic E-state index is 11.8. The first-order valence-corrected chi connectivity index (χ1v) is 5.88. The molecule has 1 N–H and O–H groups in total. The number of rotatable bonds is 3. The Labute approximate surface area is 138 Å². The van der Waals surface area contributed by atoms with E-state index >= 15 is 0 Å². The van der Waals surface area contributed by atoms with Crippen LogP contribution in [0, 0.1) is 11.3 Å². The van der Waals surface area contributed by atoms with Crippen molar-refractivity contribution >= 4 is 5.91 Å². The standard InChI is InChI=1S/C14H14N3O.Y/c15-9-11-4-6-12(7-5-11)10-17-14(18)13-3-1-2-8-16-13;/h1-2,4-7,13H,3,8,10H2,(H,17,18);/q-1;+3. The topological polar surface area (TPSA) is 67.0 Å². The van der Waals surface area contributed by atoms with Crippen LogP contribution in [0.1, 0.15) is 17.5 Å². The third-order valence-electron chi connectivity index (χ3n) is 2.81. The van der Waals surface area contributed by atoms with E-state index in [1.165, 1.54) is 0 Å². The van der Waals surface area contributed by atoms with E-state index in [9.17, 15) is 4.79 Å². The Morgan fingerprint density at radius 3 is 2.68 bits per heavy atom. The second-order valence-corrected chi connectivity index (χ2v) is 4.11. The monoisotopic (exact) mass is 329 g/mol.